The third kappa shape index (κ3) is 2.56. The number of benzene rings is 3. The molecular weight excluding hydrogens is 468 g/mol. The Morgan fingerprint density at radius 3 is 2.03 bits per heavy atom. The number of rotatable bonds is 2. The van der Waals surface area contributed by atoms with Gasteiger partial charge in [-0.25, -0.2) is 4.79 Å². The van der Waals surface area contributed by atoms with Gasteiger partial charge in [-0.1, -0.05) is 13.1 Å². The van der Waals surface area contributed by atoms with Crippen LogP contribution in [0.4, 0.5) is 11.4 Å². The second kappa shape index (κ2) is 7.00. The fraction of sp³-hybridized carbons (Fsp3) is 0.310. The van der Waals surface area contributed by atoms with Gasteiger partial charge in [0.2, 0.25) is 0 Å². The molecule has 7 heteroatoms. The van der Waals surface area contributed by atoms with Gasteiger partial charge in [0.15, 0.2) is 5.60 Å². The molecule has 0 unspecified atom stereocenters. The van der Waals surface area contributed by atoms with Gasteiger partial charge in [0.05, 0.1) is 5.56 Å². The first-order chi connectivity index (χ1) is 17.3. The predicted octanol–water partition coefficient (Wildman–Crippen LogP) is 2.80. The predicted molar refractivity (Wildman–Crippen MR) is 142 cm³/mol. The molecule has 6 nitrogen and oxygen atoms in total. The molecule has 0 saturated heterocycles. The normalized spacial score (nSPS) is 19.4. The van der Waals surface area contributed by atoms with Crippen molar-refractivity contribution in [1.82, 2.24) is 0 Å². The molecule has 1 spiro atoms. The topological polar surface area (TPSA) is 59.1 Å². The van der Waals surface area contributed by atoms with Crippen LogP contribution in [0.25, 0.3) is 0 Å². The first-order valence-electron chi connectivity index (χ1n) is 12.5. The first kappa shape index (κ1) is 21.7. The highest BCUT2D eigenvalue weighted by Crippen LogP contribution is 2.51. The highest BCUT2D eigenvalue weighted by molar-refractivity contribution is 7.01. The molecule has 36 heavy (non-hydrogen) atoms. The van der Waals surface area contributed by atoms with E-state index in [1.807, 2.05) is 6.07 Å². The molecule has 7 rings (SSSR count). The Kier molecular flexibility index (Phi) is 4.22. The molecule has 0 radical (unpaired) electrons. The fourth-order valence-electron chi connectivity index (χ4n) is 6.87. The van der Waals surface area contributed by atoms with Crippen LogP contribution in [-0.4, -0.2) is 47.7 Å². The number of esters is 1. The molecule has 0 aromatic heterocycles. The highest BCUT2D eigenvalue weighted by atomic mass is 28.3. The first-order valence-corrected chi connectivity index (χ1v) is 15.5. The van der Waals surface area contributed by atoms with Crippen LogP contribution in [0.5, 0.6) is 5.75 Å². The summed E-state index contributed by atoms with van der Waals surface area (Å²) in [5, 5.41) is 2.59. The van der Waals surface area contributed by atoms with Gasteiger partial charge in [-0.05, 0) is 76.8 Å². The monoisotopic (exact) mass is 496 g/mol. The smallest absolute Gasteiger partial charge is 0.340 e. The molecule has 0 aliphatic carbocycles. The number of carbonyl (C=O) groups excluding carboxylic acids is 2. The van der Waals surface area contributed by atoms with Gasteiger partial charge in [-0.2, -0.15) is 0 Å². The summed E-state index contributed by atoms with van der Waals surface area (Å²) in [6, 6.07) is 14.5. The van der Waals surface area contributed by atoms with E-state index in [9.17, 15) is 9.59 Å². The number of fused-ring (bicyclic) bond motifs is 8. The van der Waals surface area contributed by atoms with E-state index in [1.165, 1.54) is 32.9 Å². The van der Waals surface area contributed by atoms with E-state index < -0.39 is 13.7 Å². The van der Waals surface area contributed by atoms with Gasteiger partial charge in [-0.3, -0.25) is 4.79 Å². The quantitative estimate of drug-likeness (QED) is 0.309. The van der Waals surface area contributed by atoms with Crippen LogP contribution in [0.1, 0.15) is 38.2 Å². The van der Waals surface area contributed by atoms with Gasteiger partial charge in [-0.15, -0.1) is 0 Å². The number of ether oxygens (including phenoxy) is 2. The summed E-state index contributed by atoms with van der Waals surface area (Å²) < 4.78 is 11.8. The Balaban J connectivity index is 1.61. The van der Waals surface area contributed by atoms with Crippen molar-refractivity contribution in [3.05, 3.63) is 75.8 Å². The Morgan fingerprint density at radius 1 is 0.889 bits per heavy atom. The minimum Gasteiger partial charge on any atom is -0.441 e. The Hall–Kier alpha value is -3.58. The Labute approximate surface area is 211 Å². The van der Waals surface area contributed by atoms with E-state index in [4.69, 9.17) is 9.47 Å². The van der Waals surface area contributed by atoms with Crippen molar-refractivity contribution in [1.29, 1.82) is 0 Å². The molecular formula is C29H28N2O4Si. The number of nitrogens with zero attached hydrogens (tertiary/aromatic N) is 2. The molecule has 4 aliphatic heterocycles. The van der Waals surface area contributed by atoms with Crippen molar-refractivity contribution in [3.63, 3.8) is 0 Å². The van der Waals surface area contributed by atoms with Crippen LogP contribution in [0, 0.1) is 0 Å². The fourth-order valence-corrected chi connectivity index (χ4v) is 10.0. The van der Waals surface area contributed by atoms with E-state index in [0.29, 0.717) is 17.8 Å². The van der Waals surface area contributed by atoms with Crippen molar-refractivity contribution in [2.24, 2.45) is 0 Å². The second-order valence-electron chi connectivity index (χ2n) is 11.0. The van der Waals surface area contributed by atoms with Crippen molar-refractivity contribution < 1.29 is 19.1 Å². The van der Waals surface area contributed by atoms with Crippen molar-refractivity contribution in [2.75, 3.05) is 37.0 Å². The summed E-state index contributed by atoms with van der Waals surface area (Å²) in [5.74, 6) is 0.0737. The second-order valence-corrected chi connectivity index (χ2v) is 15.3. The average molecular weight is 497 g/mol. The summed E-state index contributed by atoms with van der Waals surface area (Å²) in [4.78, 5) is 29.3. The van der Waals surface area contributed by atoms with Crippen molar-refractivity contribution in [2.45, 2.75) is 31.5 Å². The highest BCUT2D eigenvalue weighted by Gasteiger charge is 2.57. The maximum atomic E-state index is 13.4. The van der Waals surface area contributed by atoms with Crippen molar-refractivity contribution in [3.8, 4) is 5.75 Å². The Bertz CT molecular complexity index is 1440. The zero-order valence-electron chi connectivity index (χ0n) is 21.0. The molecule has 3 aromatic carbocycles. The number of hydrogen-bond acceptors (Lipinski definition) is 6. The van der Waals surface area contributed by atoms with Gasteiger partial charge in [0.25, 0.3) is 6.47 Å². The van der Waals surface area contributed by atoms with E-state index in [-0.39, 0.29) is 5.97 Å². The van der Waals surface area contributed by atoms with Gasteiger partial charge in [0, 0.05) is 55.2 Å². The molecule has 3 aromatic rings. The van der Waals surface area contributed by atoms with Crippen LogP contribution >= 0.6 is 0 Å². The molecule has 0 fully saturated rings. The van der Waals surface area contributed by atoms with Crippen LogP contribution in [-0.2, 0) is 28.0 Å². The minimum atomic E-state index is -2.17. The largest absolute Gasteiger partial charge is 0.441 e. The molecule has 4 heterocycles. The lowest BCUT2D eigenvalue weighted by atomic mass is 9.78. The van der Waals surface area contributed by atoms with E-state index in [0.717, 1.165) is 42.6 Å². The lowest BCUT2D eigenvalue weighted by Gasteiger charge is -2.44. The average Bonchev–Trinajstić information content (AvgIpc) is 3.51. The number of hydrogen-bond donors (Lipinski definition) is 0. The van der Waals surface area contributed by atoms with E-state index in [2.05, 4.69) is 61.3 Å². The lowest BCUT2D eigenvalue weighted by molar-refractivity contribution is -0.120. The molecule has 0 N–H and O–H groups in total. The van der Waals surface area contributed by atoms with E-state index in [1.54, 1.807) is 12.1 Å². The molecule has 0 bridgehead atoms. The van der Waals surface area contributed by atoms with Crippen molar-refractivity contribution >= 4 is 42.3 Å². The van der Waals surface area contributed by atoms with E-state index >= 15 is 0 Å². The van der Waals surface area contributed by atoms with Crippen LogP contribution < -0.4 is 24.9 Å². The summed E-state index contributed by atoms with van der Waals surface area (Å²) in [6.45, 7) is 7.20. The molecule has 4 aliphatic rings. The lowest BCUT2D eigenvalue weighted by Crippen LogP contribution is -2.63. The molecule has 0 atom stereocenters. The van der Waals surface area contributed by atoms with Gasteiger partial charge < -0.3 is 19.3 Å². The zero-order chi connectivity index (χ0) is 25.0. The number of carbonyl (C=O) groups is 2. The van der Waals surface area contributed by atoms with Gasteiger partial charge in [0.1, 0.15) is 13.8 Å². The Morgan fingerprint density at radius 2 is 1.47 bits per heavy atom. The van der Waals surface area contributed by atoms with Crippen LogP contribution in [0.3, 0.4) is 0 Å². The zero-order valence-corrected chi connectivity index (χ0v) is 22.0. The standard InChI is InChI=1S/C29H28N2O4Si/c1-30-9-7-17-11-22-26(14-24(17)30)36(3,4)27-15-25-18(8-10-31(25)2)12-23(27)29(22)21-13-19(34-16-32)5-6-20(21)28(33)35-29/h5-6,11-16H,7-10H2,1-4H3. The number of anilines is 2. The SMILES string of the molecule is CN1CCc2cc3c(cc21)[Si](C)(C)c1cc2c(cc1C31OC(=O)c3ccc(OC=O)cc31)CCN2C. The van der Waals surface area contributed by atoms with Crippen LogP contribution in [0.15, 0.2) is 42.5 Å². The summed E-state index contributed by atoms with van der Waals surface area (Å²) >= 11 is 0. The molecule has 182 valence electrons. The minimum absolute atomic E-state index is 0.337. The molecule has 0 amide bonds. The maximum Gasteiger partial charge on any atom is 0.340 e. The third-order valence-electron chi connectivity index (χ3n) is 8.82. The summed E-state index contributed by atoms with van der Waals surface area (Å²) in [6.07, 6.45) is 1.93. The summed E-state index contributed by atoms with van der Waals surface area (Å²) in [5.41, 5.74) is 7.49. The third-order valence-corrected chi connectivity index (χ3v) is 12.3. The maximum absolute atomic E-state index is 13.4. The van der Waals surface area contributed by atoms with Crippen LogP contribution in [0.2, 0.25) is 13.1 Å². The number of likely N-dealkylation sites (N-methyl/N-ethyl adjacent to an activating group) is 2. The molecule has 0 saturated carbocycles. The van der Waals surface area contributed by atoms with Gasteiger partial charge >= 0.3 is 5.97 Å². The summed E-state index contributed by atoms with van der Waals surface area (Å²) in [7, 11) is 2.12.